The molecule has 0 spiro atoms. The second-order valence-corrected chi connectivity index (χ2v) is 8.55. The summed E-state index contributed by atoms with van der Waals surface area (Å²) in [7, 11) is 0. The number of hydrogen-bond acceptors (Lipinski definition) is 7. The molecule has 0 unspecified atom stereocenters. The number of esters is 1. The summed E-state index contributed by atoms with van der Waals surface area (Å²) in [4.78, 5) is 51.0. The first-order valence-electron chi connectivity index (χ1n) is 9.04. The Morgan fingerprint density at radius 2 is 2.13 bits per heavy atom. The highest BCUT2D eigenvalue weighted by Crippen LogP contribution is 2.31. The smallest absolute Gasteiger partial charge is 0.408 e. The van der Waals surface area contributed by atoms with Gasteiger partial charge in [-0.1, -0.05) is 15.9 Å². The third-order valence-corrected chi connectivity index (χ3v) is 4.62. The summed E-state index contributed by atoms with van der Waals surface area (Å²) in [5, 5.41) is 1.76. The predicted molar refractivity (Wildman–Crippen MR) is 113 cm³/mol. The van der Waals surface area contributed by atoms with Gasteiger partial charge in [0, 0.05) is 12.6 Å². The molecule has 1 fully saturated rings. The van der Waals surface area contributed by atoms with Crippen molar-refractivity contribution in [2.24, 2.45) is 0 Å². The lowest BCUT2D eigenvalue weighted by molar-refractivity contribution is -0.147. The van der Waals surface area contributed by atoms with E-state index in [1.165, 1.54) is 21.8 Å². The molecule has 2 rings (SSSR count). The van der Waals surface area contributed by atoms with Gasteiger partial charge in [0.15, 0.2) is 0 Å². The summed E-state index contributed by atoms with van der Waals surface area (Å²) < 4.78 is 17.1. The Kier molecular flexibility index (Phi) is 8.27. The van der Waals surface area contributed by atoms with Crippen LogP contribution in [-0.4, -0.2) is 51.8 Å². The molecule has 3 atom stereocenters. The molecular weight excluding hydrogens is 486 g/mol. The lowest BCUT2D eigenvalue weighted by Crippen LogP contribution is -2.37. The number of halogens is 2. The van der Waals surface area contributed by atoms with Gasteiger partial charge in [0.2, 0.25) is 0 Å². The zero-order chi connectivity index (χ0) is 22.5. The summed E-state index contributed by atoms with van der Waals surface area (Å²) in [5.74, 6) is -0.692. The van der Waals surface area contributed by atoms with Crippen LogP contribution in [0.4, 0.5) is 4.79 Å². The van der Waals surface area contributed by atoms with Crippen molar-refractivity contribution in [3.8, 4) is 0 Å². The number of nitrogens with one attached hydrogen (secondary N) is 2. The van der Waals surface area contributed by atoms with Crippen molar-refractivity contribution in [2.75, 3.05) is 13.2 Å². The van der Waals surface area contributed by atoms with E-state index in [1.807, 2.05) is 0 Å². The number of amides is 1. The Hall–Kier alpha value is -2.11. The number of nitrogens with zero attached hydrogens (tertiary/aromatic N) is 1. The van der Waals surface area contributed by atoms with Crippen LogP contribution in [0.3, 0.4) is 0 Å². The SMILES string of the molecule is CC(C)(C)OC(=O)NCC(=O)OC[C@H]1O[C@@H](n2cc(/C=C/Br)c(=O)[nH]c2=O)C[C@@H]1Cl. The molecule has 0 aliphatic carbocycles. The molecule has 0 radical (unpaired) electrons. The minimum atomic E-state index is -0.738. The summed E-state index contributed by atoms with van der Waals surface area (Å²) in [6.45, 7) is 4.57. The van der Waals surface area contributed by atoms with Crippen molar-refractivity contribution in [1.29, 1.82) is 0 Å². The molecule has 30 heavy (non-hydrogen) atoms. The van der Waals surface area contributed by atoms with E-state index >= 15 is 0 Å². The van der Waals surface area contributed by atoms with E-state index in [2.05, 4.69) is 26.2 Å². The highest BCUT2D eigenvalue weighted by Gasteiger charge is 2.36. The fourth-order valence-electron chi connectivity index (χ4n) is 2.60. The standard InChI is InChI=1S/C18H23BrClN3O7/c1-18(2,3)30-17(27)21-7-14(24)28-9-12-11(20)6-13(29-12)23-8-10(4-5-19)15(25)22-16(23)26/h4-5,8,11-13H,6-7,9H2,1-3H3,(H,21,27)(H,22,25,26)/b5-4+/t11-,12+,13+/m0/s1. The van der Waals surface area contributed by atoms with Crippen molar-refractivity contribution in [1.82, 2.24) is 14.9 Å². The largest absolute Gasteiger partial charge is 0.462 e. The quantitative estimate of drug-likeness (QED) is 0.443. The van der Waals surface area contributed by atoms with E-state index in [0.717, 1.165) is 0 Å². The molecule has 12 heteroatoms. The molecule has 2 heterocycles. The summed E-state index contributed by atoms with van der Waals surface area (Å²) in [5.41, 5.74) is -1.60. The van der Waals surface area contributed by atoms with Gasteiger partial charge in [-0.15, -0.1) is 11.6 Å². The maximum absolute atomic E-state index is 12.1. The van der Waals surface area contributed by atoms with Crippen molar-refractivity contribution < 1.29 is 23.8 Å². The van der Waals surface area contributed by atoms with Gasteiger partial charge in [0.1, 0.15) is 31.1 Å². The Balaban J connectivity index is 1.91. The minimum Gasteiger partial charge on any atom is -0.462 e. The van der Waals surface area contributed by atoms with Gasteiger partial charge in [0.05, 0.1) is 10.9 Å². The van der Waals surface area contributed by atoms with Crippen molar-refractivity contribution in [3.05, 3.63) is 37.6 Å². The van der Waals surface area contributed by atoms with E-state index < -0.39 is 46.6 Å². The maximum atomic E-state index is 12.1. The number of aromatic amines is 1. The van der Waals surface area contributed by atoms with E-state index in [1.54, 1.807) is 20.8 Å². The van der Waals surface area contributed by atoms with Gasteiger partial charge in [0.25, 0.3) is 5.56 Å². The Labute approximate surface area is 185 Å². The van der Waals surface area contributed by atoms with Gasteiger partial charge < -0.3 is 19.5 Å². The molecule has 1 aromatic rings. The molecular formula is C18H23BrClN3O7. The number of aromatic nitrogens is 2. The monoisotopic (exact) mass is 507 g/mol. The topological polar surface area (TPSA) is 129 Å². The van der Waals surface area contributed by atoms with Crippen LogP contribution in [-0.2, 0) is 19.0 Å². The van der Waals surface area contributed by atoms with Crippen LogP contribution < -0.4 is 16.6 Å². The van der Waals surface area contributed by atoms with Crippen LogP contribution in [0.1, 0.15) is 39.0 Å². The van der Waals surface area contributed by atoms with E-state index in [4.69, 9.17) is 25.8 Å². The maximum Gasteiger partial charge on any atom is 0.408 e. The number of H-pyrrole nitrogens is 1. The van der Waals surface area contributed by atoms with Crippen molar-refractivity contribution >= 4 is 45.7 Å². The second kappa shape index (κ2) is 10.3. The lowest BCUT2D eigenvalue weighted by Gasteiger charge is -2.19. The second-order valence-electron chi connectivity index (χ2n) is 7.46. The van der Waals surface area contributed by atoms with E-state index in [0.29, 0.717) is 0 Å². The van der Waals surface area contributed by atoms with Crippen molar-refractivity contribution in [3.63, 3.8) is 0 Å². The highest BCUT2D eigenvalue weighted by molar-refractivity contribution is 9.11. The fraction of sp³-hybridized carbons (Fsp3) is 0.556. The number of ether oxygens (including phenoxy) is 3. The molecule has 0 saturated carbocycles. The van der Waals surface area contributed by atoms with Crippen LogP contribution in [0, 0.1) is 0 Å². The average molecular weight is 509 g/mol. The number of carbonyl (C=O) groups is 2. The Morgan fingerprint density at radius 1 is 1.43 bits per heavy atom. The molecule has 1 saturated heterocycles. The number of rotatable bonds is 6. The van der Waals surface area contributed by atoms with Gasteiger partial charge in [-0.2, -0.15) is 0 Å². The molecule has 1 aliphatic rings. The number of carbonyl (C=O) groups excluding carboxylic acids is 2. The molecule has 0 aromatic carbocycles. The van der Waals surface area contributed by atoms with Gasteiger partial charge in [-0.05, 0) is 31.8 Å². The summed E-state index contributed by atoms with van der Waals surface area (Å²) >= 11 is 9.36. The summed E-state index contributed by atoms with van der Waals surface area (Å²) in [6.07, 6.45) is 0.978. The van der Waals surface area contributed by atoms with Gasteiger partial charge in [-0.3, -0.25) is 19.1 Å². The van der Waals surface area contributed by atoms with Gasteiger partial charge in [-0.25, -0.2) is 9.59 Å². The van der Waals surface area contributed by atoms with Crippen LogP contribution in [0.2, 0.25) is 0 Å². The third-order valence-electron chi connectivity index (χ3n) is 3.89. The first-order chi connectivity index (χ1) is 14.0. The van der Waals surface area contributed by atoms with Crippen LogP contribution >= 0.6 is 27.5 Å². The summed E-state index contributed by atoms with van der Waals surface area (Å²) in [6, 6.07) is 0. The molecule has 166 valence electrons. The van der Waals surface area contributed by atoms with Crippen LogP contribution in [0.25, 0.3) is 6.08 Å². The number of alkyl carbamates (subject to hydrolysis) is 1. The zero-order valence-corrected chi connectivity index (χ0v) is 19.0. The molecule has 0 bridgehead atoms. The minimum absolute atomic E-state index is 0.161. The number of hydrogen-bond donors (Lipinski definition) is 2. The molecule has 1 aromatic heterocycles. The molecule has 1 aliphatic heterocycles. The number of alkyl halides is 1. The van der Waals surface area contributed by atoms with E-state index in [9.17, 15) is 19.2 Å². The Morgan fingerprint density at radius 3 is 2.77 bits per heavy atom. The predicted octanol–water partition coefficient (Wildman–Crippen LogP) is 1.86. The third kappa shape index (κ3) is 6.99. The normalized spacial score (nSPS) is 21.6. The Bertz CT molecular complexity index is 922. The van der Waals surface area contributed by atoms with Crippen molar-refractivity contribution in [2.45, 2.75) is 50.5 Å². The first kappa shape index (κ1) is 24.2. The highest BCUT2D eigenvalue weighted by atomic mass is 79.9. The van der Waals surface area contributed by atoms with E-state index in [-0.39, 0.29) is 25.1 Å². The molecule has 1 amide bonds. The van der Waals surface area contributed by atoms with Crippen LogP contribution in [0.15, 0.2) is 20.8 Å². The molecule has 2 N–H and O–H groups in total. The zero-order valence-electron chi connectivity index (χ0n) is 16.6. The van der Waals surface area contributed by atoms with Crippen LogP contribution in [0.5, 0.6) is 0 Å². The fourth-order valence-corrected chi connectivity index (χ4v) is 3.17. The lowest BCUT2D eigenvalue weighted by atomic mass is 10.2. The first-order valence-corrected chi connectivity index (χ1v) is 10.4. The average Bonchev–Trinajstić information content (AvgIpc) is 2.99. The molecule has 10 nitrogen and oxygen atoms in total. The van der Waals surface area contributed by atoms with Gasteiger partial charge >= 0.3 is 17.8 Å².